The highest BCUT2D eigenvalue weighted by atomic mass is 16.5. The van der Waals surface area contributed by atoms with Gasteiger partial charge < -0.3 is 10.1 Å². The van der Waals surface area contributed by atoms with Crippen molar-refractivity contribution in [3.05, 3.63) is 35.4 Å². The van der Waals surface area contributed by atoms with Gasteiger partial charge in [-0.25, -0.2) is 0 Å². The third-order valence-electron chi connectivity index (χ3n) is 2.75. The highest BCUT2D eigenvalue weighted by molar-refractivity contribution is 5.54. The maximum Gasteiger partial charge on any atom is 0.122 e. The number of likely N-dealkylation sites (N-methyl/N-ethyl adjacent to an activating group) is 1. The van der Waals surface area contributed by atoms with Crippen LogP contribution in [0, 0.1) is 0 Å². The molecule has 2 rings (SSSR count). The molecule has 1 aliphatic rings. The Bertz CT molecular complexity index is 371. The molecule has 0 radical (unpaired) electrons. The molecule has 1 heterocycles. The summed E-state index contributed by atoms with van der Waals surface area (Å²) in [6.07, 6.45) is 5.36. The van der Waals surface area contributed by atoms with E-state index in [2.05, 4.69) is 42.6 Å². The largest absolute Gasteiger partial charge is 0.493 e. The molecule has 0 saturated carbocycles. The van der Waals surface area contributed by atoms with Crippen LogP contribution in [-0.4, -0.2) is 19.7 Å². The summed E-state index contributed by atoms with van der Waals surface area (Å²) < 4.78 is 5.46. The van der Waals surface area contributed by atoms with Crippen LogP contribution in [0.1, 0.15) is 18.1 Å². The molecule has 0 fully saturated rings. The van der Waals surface area contributed by atoms with E-state index in [4.69, 9.17) is 4.74 Å². The van der Waals surface area contributed by atoms with Crippen LogP contribution >= 0.6 is 0 Å². The molecule has 0 aromatic heterocycles. The molecular weight excluding hydrogens is 186 g/mol. The van der Waals surface area contributed by atoms with E-state index in [-0.39, 0.29) is 0 Å². The second-order valence-corrected chi connectivity index (χ2v) is 3.90. The van der Waals surface area contributed by atoms with E-state index in [0.717, 1.165) is 18.8 Å². The van der Waals surface area contributed by atoms with Crippen LogP contribution in [0.15, 0.2) is 24.3 Å². The summed E-state index contributed by atoms with van der Waals surface area (Å²) in [6, 6.07) is 6.78. The minimum atomic E-state index is 0.412. The summed E-state index contributed by atoms with van der Waals surface area (Å²) in [7, 11) is 1.96. The summed E-state index contributed by atoms with van der Waals surface area (Å²) in [5, 5.41) is 3.18. The lowest BCUT2D eigenvalue weighted by Gasteiger charge is -2.03. The van der Waals surface area contributed by atoms with Crippen LogP contribution in [0.4, 0.5) is 0 Å². The van der Waals surface area contributed by atoms with E-state index >= 15 is 0 Å². The van der Waals surface area contributed by atoms with Crippen LogP contribution in [0.25, 0.3) is 6.08 Å². The van der Waals surface area contributed by atoms with E-state index in [1.54, 1.807) is 0 Å². The lowest BCUT2D eigenvalue weighted by molar-refractivity contribution is 0.357. The van der Waals surface area contributed by atoms with Gasteiger partial charge >= 0.3 is 0 Å². The fourth-order valence-corrected chi connectivity index (χ4v) is 1.66. The Hall–Kier alpha value is -1.28. The first-order valence-corrected chi connectivity index (χ1v) is 5.41. The summed E-state index contributed by atoms with van der Waals surface area (Å²) >= 11 is 0. The van der Waals surface area contributed by atoms with Crippen LogP contribution < -0.4 is 10.1 Å². The van der Waals surface area contributed by atoms with E-state index < -0.39 is 0 Å². The molecule has 15 heavy (non-hydrogen) atoms. The van der Waals surface area contributed by atoms with Gasteiger partial charge in [-0.3, -0.25) is 0 Å². The molecule has 1 N–H and O–H groups in total. The topological polar surface area (TPSA) is 21.3 Å². The summed E-state index contributed by atoms with van der Waals surface area (Å²) in [5.41, 5.74) is 2.58. The zero-order valence-corrected chi connectivity index (χ0v) is 9.29. The molecule has 1 aromatic rings. The number of hydrogen-bond acceptors (Lipinski definition) is 2. The first-order valence-electron chi connectivity index (χ1n) is 5.41. The molecule has 1 aromatic carbocycles. The van der Waals surface area contributed by atoms with Gasteiger partial charge in [-0.05, 0) is 37.2 Å². The molecule has 0 saturated heterocycles. The van der Waals surface area contributed by atoms with Crippen molar-refractivity contribution in [3.63, 3.8) is 0 Å². The highest BCUT2D eigenvalue weighted by Gasteiger charge is 2.10. The fraction of sp³-hybridized carbons (Fsp3) is 0.385. The van der Waals surface area contributed by atoms with Crippen molar-refractivity contribution in [2.75, 3.05) is 13.7 Å². The number of hydrogen-bond donors (Lipinski definition) is 1. The number of ether oxygens (including phenoxy) is 1. The van der Waals surface area contributed by atoms with Gasteiger partial charge in [0.1, 0.15) is 5.75 Å². The van der Waals surface area contributed by atoms with Crippen molar-refractivity contribution in [1.29, 1.82) is 0 Å². The van der Waals surface area contributed by atoms with Gasteiger partial charge in [-0.1, -0.05) is 18.2 Å². The van der Waals surface area contributed by atoms with Gasteiger partial charge in [0.2, 0.25) is 0 Å². The van der Waals surface area contributed by atoms with Crippen molar-refractivity contribution in [1.82, 2.24) is 5.32 Å². The standard InChI is InChI=1S/C13H17NO/c1-10(14-2)3-4-11-5-6-13-12(9-11)7-8-15-13/h3-6,9-10,14H,7-8H2,1-2H3/b4-3+. The highest BCUT2D eigenvalue weighted by Crippen LogP contribution is 2.26. The van der Waals surface area contributed by atoms with Crippen LogP contribution in [0.5, 0.6) is 5.75 Å². The third kappa shape index (κ3) is 2.39. The lowest BCUT2D eigenvalue weighted by atomic mass is 10.1. The van der Waals surface area contributed by atoms with E-state index in [9.17, 15) is 0 Å². The van der Waals surface area contributed by atoms with Crippen molar-refractivity contribution in [2.24, 2.45) is 0 Å². The zero-order chi connectivity index (χ0) is 10.7. The molecule has 2 heteroatoms. The Morgan fingerprint density at radius 2 is 2.33 bits per heavy atom. The molecule has 1 aliphatic heterocycles. The van der Waals surface area contributed by atoms with E-state index in [1.165, 1.54) is 11.1 Å². The number of benzene rings is 1. The minimum absolute atomic E-state index is 0.412. The van der Waals surface area contributed by atoms with Gasteiger partial charge in [-0.15, -0.1) is 0 Å². The average molecular weight is 203 g/mol. The van der Waals surface area contributed by atoms with Crippen molar-refractivity contribution in [2.45, 2.75) is 19.4 Å². The van der Waals surface area contributed by atoms with Crippen LogP contribution in [0.2, 0.25) is 0 Å². The maximum absolute atomic E-state index is 5.46. The predicted octanol–water partition coefficient (Wildman–Crippen LogP) is 2.24. The number of fused-ring (bicyclic) bond motifs is 1. The number of rotatable bonds is 3. The normalized spacial score (nSPS) is 16.4. The number of nitrogens with one attached hydrogen (secondary N) is 1. The van der Waals surface area contributed by atoms with E-state index in [1.807, 2.05) is 7.05 Å². The molecular formula is C13H17NO. The SMILES string of the molecule is CNC(C)/C=C/c1ccc2c(c1)CCO2. The Morgan fingerprint density at radius 3 is 3.13 bits per heavy atom. The van der Waals surface area contributed by atoms with Crippen molar-refractivity contribution in [3.8, 4) is 5.75 Å². The molecule has 0 spiro atoms. The molecule has 2 nitrogen and oxygen atoms in total. The van der Waals surface area contributed by atoms with Gasteiger partial charge in [-0.2, -0.15) is 0 Å². The smallest absolute Gasteiger partial charge is 0.122 e. The molecule has 0 amide bonds. The van der Waals surface area contributed by atoms with Crippen LogP contribution in [-0.2, 0) is 6.42 Å². The minimum Gasteiger partial charge on any atom is -0.493 e. The van der Waals surface area contributed by atoms with Crippen molar-refractivity contribution < 1.29 is 4.74 Å². The van der Waals surface area contributed by atoms with E-state index in [0.29, 0.717) is 6.04 Å². The summed E-state index contributed by atoms with van der Waals surface area (Å²) in [6.45, 7) is 2.96. The zero-order valence-electron chi connectivity index (χ0n) is 9.29. The van der Waals surface area contributed by atoms with Gasteiger partial charge in [0.05, 0.1) is 6.61 Å². The summed E-state index contributed by atoms with van der Waals surface area (Å²) in [5.74, 6) is 1.05. The second-order valence-electron chi connectivity index (χ2n) is 3.90. The lowest BCUT2D eigenvalue weighted by Crippen LogP contribution is -2.17. The average Bonchev–Trinajstić information content (AvgIpc) is 2.72. The van der Waals surface area contributed by atoms with Gasteiger partial charge in [0.25, 0.3) is 0 Å². The second kappa shape index (κ2) is 4.49. The van der Waals surface area contributed by atoms with Gasteiger partial charge in [0, 0.05) is 12.5 Å². The molecule has 0 aliphatic carbocycles. The third-order valence-corrected chi connectivity index (χ3v) is 2.75. The predicted molar refractivity (Wildman–Crippen MR) is 63.2 cm³/mol. The van der Waals surface area contributed by atoms with Gasteiger partial charge in [0.15, 0.2) is 0 Å². The Kier molecular flexibility index (Phi) is 3.07. The summed E-state index contributed by atoms with van der Waals surface area (Å²) in [4.78, 5) is 0. The maximum atomic E-state index is 5.46. The molecule has 1 unspecified atom stereocenters. The monoisotopic (exact) mass is 203 g/mol. The fourth-order valence-electron chi connectivity index (χ4n) is 1.66. The Morgan fingerprint density at radius 1 is 1.47 bits per heavy atom. The van der Waals surface area contributed by atoms with Crippen LogP contribution in [0.3, 0.4) is 0 Å². The first kappa shape index (κ1) is 10.2. The Labute approximate surface area is 91.0 Å². The molecule has 80 valence electrons. The first-order chi connectivity index (χ1) is 7.29. The Balaban J connectivity index is 2.13. The molecule has 1 atom stereocenters. The van der Waals surface area contributed by atoms with Crippen molar-refractivity contribution >= 4 is 6.08 Å². The quantitative estimate of drug-likeness (QED) is 0.813. The molecule has 0 bridgehead atoms.